The maximum atomic E-state index is 13.4. The molecule has 0 radical (unpaired) electrons. The molecule has 0 aliphatic rings. The van der Waals surface area contributed by atoms with Crippen molar-refractivity contribution in [3.05, 3.63) is 76.7 Å². The van der Waals surface area contributed by atoms with Crippen molar-refractivity contribution in [3.8, 4) is 0 Å². The van der Waals surface area contributed by atoms with Gasteiger partial charge in [-0.1, -0.05) is 12.1 Å². The Morgan fingerprint density at radius 3 is 2.62 bits per heavy atom. The van der Waals surface area contributed by atoms with Gasteiger partial charge in [0.2, 0.25) is 0 Å². The number of nitrogens with zero attached hydrogens (tertiary/aromatic N) is 1. The molecule has 1 aromatic heterocycles. The third kappa shape index (κ3) is 2.55. The third-order valence-electron chi connectivity index (χ3n) is 3.53. The minimum absolute atomic E-state index is 0.172. The predicted molar refractivity (Wildman–Crippen MR) is 81.0 cm³/mol. The Labute approximate surface area is 122 Å². The summed E-state index contributed by atoms with van der Waals surface area (Å²) in [5.74, 6) is -0.573. The lowest BCUT2D eigenvalue weighted by atomic mass is 9.98. The second kappa shape index (κ2) is 5.09. The summed E-state index contributed by atoms with van der Waals surface area (Å²) < 4.78 is 13.4. The van der Waals surface area contributed by atoms with Gasteiger partial charge < -0.3 is 0 Å². The van der Waals surface area contributed by atoms with E-state index in [-0.39, 0.29) is 5.78 Å². The molecule has 2 aromatic carbocycles. The smallest absolute Gasteiger partial charge is 0.193 e. The zero-order valence-corrected chi connectivity index (χ0v) is 11.9. The molecule has 0 N–H and O–H groups in total. The Balaban J connectivity index is 2.09. The Morgan fingerprint density at radius 1 is 1.00 bits per heavy atom. The van der Waals surface area contributed by atoms with Crippen molar-refractivity contribution in [2.45, 2.75) is 13.8 Å². The van der Waals surface area contributed by atoms with Crippen LogP contribution in [-0.4, -0.2) is 10.8 Å². The zero-order valence-electron chi connectivity index (χ0n) is 11.9. The first kappa shape index (κ1) is 13.4. The number of hydrogen-bond acceptors (Lipinski definition) is 2. The molecule has 0 spiro atoms. The molecule has 0 amide bonds. The average molecular weight is 279 g/mol. The van der Waals surface area contributed by atoms with E-state index in [1.54, 1.807) is 25.1 Å². The molecule has 3 rings (SSSR count). The van der Waals surface area contributed by atoms with E-state index in [4.69, 9.17) is 0 Å². The normalized spacial score (nSPS) is 10.8. The van der Waals surface area contributed by atoms with Crippen LogP contribution in [0.4, 0.5) is 4.39 Å². The van der Waals surface area contributed by atoms with Crippen LogP contribution in [0.1, 0.15) is 27.2 Å². The van der Waals surface area contributed by atoms with Crippen LogP contribution in [0.25, 0.3) is 10.9 Å². The van der Waals surface area contributed by atoms with Gasteiger partial charge >= 0.3 is 0 Å². The van der Waals surface area contributed by atoms with Gasteiger partial charge in [0, 0.05) is 22.2 Å². The average Bonchev–Trinajstić information content (AvgIpc) is 2.48. The lowest BCUT2D eigenvalue weighted by Crippen LogP contribution is -2.04. The molecule has 3 heteroatoms. The monoisotopic (exact) mass is 279 g/mol. The van der Waals surface area contributed by atoms with Gasteiger partial charge in [0.25, 0.3) is 0 Å². The number of ketones is 1. The summed E-state index contributed by atoms with van der Waals surface area (Å²) >= 11 is 0. The number of benzene rings is 2. The first-order chi connectivity index (χ1) is 10.0. The van der Waals surface area contributed by atoms with Crippen molar-refractivity contribution >= 4 is 16.7 Å². The van der Waals surface area contributed by atoms with Gasteiger partial charge in [0.1, 0.15) is 5.82 Å². The lowest BCUT2D eigenvalue weighted by Gasteiger charge is -2.07. The molecule has 0 atom stereocenters. The van der Waals surface area contributed by atoms with Crippen molar-refractivity contribution in [2.75, 3.05) is 0 Å². The summed E-state index contributed by atoms with van der Waals surface area (Å²) in [6.45, 7) is 3.73. The molecule has 2 nitrogen and oxygen atoms in total. The summed E-state index contributed by atoms with van der Waals surface area (Å²) in [4.78, 5) is 17.0. The van der Waals surface area contributed by atoms with Crippen LogP contribution in [-0.2, 0) is 0 Å². The minimum Gasteiger partial charge on any atom is -0.289 e. The summed E-state index contributed by atoms with van der Waals surface area (Å²) in [7, 11) is 0. The topological polar surface area (TPSA) is 30.0 Å². The van der Waals surface area contributed by atoms with Crippen LogP contribution in [0.2, 0.25) is 0 Å². The van der Waals surface area contributed by atoms with Gasteiger partial charge in [0.05, 0.1) is 5.52 Å². The Kier molecular flexibility index (Phi) is 3.26. The molecular weight excluding hydrogens is 265 g/mol. The molecule has 21 heavy (non-hydrogen) atoms. The molecular formula is C18H14FNO. The quantitative estimate of drug-likeness (QED) is 0.657. The van der Waals surface area contributed by atoms with Gasteiger partial charge in [-0.2, -0.15) is 0 Å². The SMILES string of the molecule is Cc1ccc2cc(C(=O)c3cc(F)ccc3C)ccc2n1. The molecule has 0 aliphatic heterocycles. The number of aryl methyl sites for hydroxylation is 2. The van der Waals surface area contributed by atoms with Gasteiger partial charge in [-0.15, -0.1) is 0 Å². The first-order valence-corrected chi connectivity index (χ1v) is 6.73. The maximum Gasteiger partial charge on any atom is 0.193 e. The minimum atomic E-state index is -0.401. The highest BCUT2D eigenvalue weighted by atomic mass is 19.1. The van der Waals surface area contributed by atoms with Crippen molar-refractivity contribution in [1.29, 1.82) is 0 Å². The summed E-state index contributed by atoms with van der Waals surface area (Å²) in [5.41, 5.74) is 3.49. The van der Waals surface area contributed by atoms with Crippen LogP contribution in [0.5, 0.6) is 0 Å². The van der Waals surface area contributed by atoms with Crippen LogP contribution in [0.3, 0.4) is 0 Å². The van der Waals surface area contributed by atoms with E-state index < -0.39 is 5.82 Å². The van der Waals surface area contributed by atoms with E-state index in [0.29, 0.717) is 11.1 Å². The first-order valence-electron chi connectivity index (χ1n) is 6.73. The van der Waals surface area contributed by atoms with E-state index >= 15 is 0 Å². The van der Waals surface area contributed by atoms with Crippen molar-refractivity contribution in [1.82, 2.24) is 4.98 Å². The zero-order chi connectivity index (χ0) is 15.0. The van der Waals surface area contributed by atoms with E-state index in [1.165, 1.54) is 12.1 Å². The van der Waals surface area contributed by atoms with Crippen molar-refractivity contribution in [2.24, 2.45) is 0 Å². The number of carbonyl (C=O) groups excluding carboxylic acids is 1. The fraction of sp³-hybridized carbons (Fsp3) is 0.111. The highest BCUT2D eigenvalue weighted by Gasteiger charge is 2.13. The summed E-state index contributed by atoms with van der Waals surface area (Å²) in [6.07, 6.45) is 0. The summed E-state index contributed by atoms with van der Waals surface area (Å²) in [5, 5.41) is 0.903. The van der Waals surface area contributed by atoms with Crippen molar-refractivity contribution < 1.29 is 9.18 Å². The summed E-state index contributed by atoms with van der Waals surface area (Å²) in [6, 6.07) is 13.5. The Hall–Kier alpha value is -2.55. The van der Waals surface area contributed by atoms with Crippen LogP contribution in [0.15, 0.2) is 48.5 Å². The Morgan fingerprint density at radius 2 is 1.81 bits per heavy atom. The fourth-order valence-electron chi connectivity index (χ4n) is 2.36. The molecule has 0 unspecified atom stereocenters. The second-order valence-corrected chi connectivity index (χ2v) is 5.15. The molecule has 104 valence electrons. The molecule has 0 fully saturated rings. The van der Waals surface area contributed by atoms with Gasteiger partial charge in [-0.3, -0.25) is 9.78 Å². The van der Waals surface area contributed by atoms with Gasteiger partial charge in [-0.05, 0) is 55.8 Å². The van der Waals surface area contributed by atoms with E-state index in [9.17, 15) is 9.18 Å². The molecule has 3 aromatic rings. The predicted octanol–water partition coefficient (Wildman–Crippen LogP) is 4.22. The standard InChI is InChI=1S/C18H14FNO/c1-11-3-7-15(19)10-16(11)18(21)14-6-8-17-13(9-14)5-4-12(2)20-17/h3-10H,1-2H3. The van der Waals surface area contributed by atoms with E-state index in [0.717, 1.165) is 22.2 Å². The third-order valence-corrected chi connectivity index (χ3v) is 3.53. The van der Waals surface area contributed by atoms with Crippen LogP contribution < -0.4 is 0 Å². The molecule has 1 heterocycles. The van der Waals surface area contributed by atoms with E-state index in [2.05, 4.69) is 4.98 Å². The number of rotatable bonds is 2. The lowest BCUT2D eigenvalue weighted by molar-refractivity contribution is 0.103. The number of fused-ring (bicyclic) bond motifs is 1. The highest BCUT2D eigenvalue weighted by Crippen LogP contribution is 2.20. The van der Waals surface area contributed by atoms with Crippen molar-refractivity contribution in [3.63, 3.8) is 0 Å². The highest BCUT2D eigenvalue weighted by molar-refractivity contribution is 6.11. The second-order valence-electron chi connectivity index (χ2n) is 5.15. The van der Waals surface area contributed by atoms with Crippen LogP contribution in [0, 0.1) is 19.7 Å². The number of pyridine rings is 1. The van der Waals surface area contributed by atoms with Gasteiger partial charge in [0.15, 0.2) is 5.78 Å². The van der Waals surface area contributed by atoms with Crippen LogP contribution >= 0.6 is 0 Å². The number of carbonyl (C=O) groups is 1. The van der Waals surface area contributed by atoms with Gasteiger partial charge in [-0.25, -0.2) is 4.39 Å². The number of aromatic nitrogens is 1. The Bertz CT molecular complexity index is 855. The maximum absolute atomic E-state index is 13.4. The number of halogens is 1. The molecule has 0 saturated heterocycles. The van der Waals surface area contributed by atoms with E-state index in [1.807, 2.05) is 25.1 Å². The molecule has 0 saturated carbocycles. The fourth-order valence-corrected chi connectivity index (χ4v) is 2.36. The largest absolute Gasteiger partial charge is 0.289 e. The number of hydrogen-bond donors (Lipinski definition) is 0. The molecule has 0 bridgehead atoms. The molecule has 0 aliphatic carbocycles.